The fourth-order valence-electron chi connectivity index (χ4n) is 2.41. The molecule has 174 valence electrons. The summed E-state index contributed by atoms with van der Waals surface area (Å²) in [4.78, 5) is 47.6. The highest BCUT2D eigenvalue weighted by atomic mass is 16.6. The van der Waals surface area contributed by atoms with Crippen molar-refractivity contribution >= 4 is 23.9 Å². The highest BCUT2D eigenvalue weighted by Gasteiger charge is 2.19. The van der Waals surface area contributed by atoms with E-state index in [9.17, 15) is 19.2 Å². The van der Waals surface area contributed by atoms with Crippen LogP contribution < -0.4 is 18.9 Å². The predicted molar refractivity (Wildman–Crippen MR) is 124 cm³/mol. The third-order valence-electron chi connectivity index (χ3n) is 4.07. The van der Waals surface area contributed by atoms with Crippen LogP contribution in [0.5, 0.6) is 23.0 Å². The molecule has 0 spiro atoms. The fraction of sp³-hybridized carbons (Fsp3) is 0.0769. The van der Waals surface area contributed by atoms with Gasteiger partial charge in [0.2, 0.25) is 0 Å². The predicted octanol–water partition coefficient (Wildman–Crippen LogP) is 4.50. The van der Waals surface area contributed by atoms with E-state index in [2.05, 4.69) is 26.3 Å². The van der Waals surface area contributed by atoms with Crippen LogP contribution >= 0.6 is 0 Å². The highest BCUT2D eigenvalue weighted by Crippen LogP contribution is 2.39. The maximum atomic E-state index is 12.1. The van der Waals surface area contributed by atoms with Crippen molar-refractivity contribution in [3.63, 3.8) is 0 Å². The monoisotopic (exact) mass is 462 g/mol. The standard InChI is InChI=1S/C26H22O8/c1-7-23(27)31-18-10-11-19(21(14-18)32-24(28)8-2)17-9-12-20(33-25(29)15(3)4)22(13-17)34-26(30)16(5)6/h7-14H,1-3,5H2,4,6H3. The molecule has 0 radical (unpaired) electrons. The smallest absolute Gasteiger partial charge is 0.338 e. The molecule has 8 heteroatoms. The quantitative estimate of drug-likeness (QED) is 0.305. The van der Waals surface area contributed by atoms with Gasteiger partial charge in [0.25, 0.3) is 0 Å². The van der Waals surface area contributed by atoms with E-state index in [0.717, 1.165) is 12.2 Å². The minimum atomic E-state index is -0.755. The Morgan fingerprint density at radius 1 is 0.676 bits per heavy atom. The number of hydrogen-bond donors (Lipinski definition) is 0. The first-order valence-electron chi connectivity index (χ1n) is 9.78. The molecule has 0 aliphatic carbocycles. The summed E-state index contributed by atoms with van der Waals surface area (Å²) < 4.78 is 21.0. The van der Waals surface area contributed by atoms with E-state index in [1.807, 2.05) is 0 Å². The van der Waals surface area contributed by atoms with Gasteiger partial charge < -0.3 is 18.9 Å². The summed E-state index contributed by atoms with van der Waals surface area (Å²) in [5.41, 5.74) is 1.06. The van der Waals surface area contributed by atoms with Gasteiger partial charge >= 0.3 is 23.9 Å². The highest BCUT2D eigenvalue weighted by molar-refractivity contribution is 5.92. The minimum Gasteiger partial charge on any atom is -0.423 e. The van der Waals surface area contributed by atoms with Gasteiger partial charge in [-0.25, -0.2) is 19.2 Å². The zero-order chi connectivity index (χ0) is 25.4. The number of carbonyl (C=O) groups is 4. The lowest BCUT2D eigenvalue weighted by molar-refractivity contribution is -0.132. The molecule has 0 N–H and O–H groups in total. The van der Waals surface area contributed by atoms with E-state index in [0.29, 0.717) is 11.1 Å². The van der Waals surface area contributed by atoms with Crippen LogP contribution in [0.2, 0.25) is 0 Å². The SMILES string of the molecule is C=CC(=O)Oc1ccc(-c2ccc(OC(=O)C(=C)C)c(OC(=O)C(=C)C)c2)c(OC(=O)C=C)c1. The third-order valence-corrected chi connectivity index (χ3v) is 4.07. The van der Waals surface area contributed by atoms with E-state index in [-0.39, 0.29) is 34.1 Å². The molecule has 0 aliphatic rings. The van der Waals surface area contributed by atoms with Gasteiger partial charge in [-0.15, -0.1) is 0 Å². The second kappa shape index (κ2) is 11.2. The normalized spacial score (nSPS) is 9.82. The second-order valence-electron chi connectivity index (χ2n) is 6.91. The summed E-state index contributed by atoms with van der Waals surface area (Å²) in [7, 11) is 0. The van der Waals surface area contributed by atoms with Gasteiger partial charge in [0.15, 0.2) is 11.5 Å². The van der Waals surface area contributed by atoms with E-state index in [1.165, 1.54) is 44.2 Å². The molecule has 0 heterocycles. The van der Waals surface area contributed by atoms with Gasteiger partial charge in [-0.3, -0.25) is 0 Å². The number of carbonyl (C=O) groups excluding carboxylic acids is 4. The van der Waals surface area contributed by atoms with Crippen LogP contribution in [0.1, 0.15) is 13.8 Å². The van der Waals surface area contributed by atoms with E-state index < -0.39 is 23.9 Å². The number of esters is 4. The number of ether oxygens (including phenoxy) is 4. The van der Waals surface area contributed by atoms with Crippen molar-refractivity contribution in [2.75, 3.05) is 0 Å². The Morgan fingerprint density at radius 3 is 1.79 bits per heavy atom. The first-order chi connectivity index (χ1) is 16.0. The molecule has 0 fully saturated rings. The van der Waals surface area contributed by atoms with Crippen LogP contribution in [0.3, 0.4) is 0 Å². The topological polar surface area (TPSA) is 105 Å². The molecule has 8 nitrogen and oxygen atoms in total. The largest absolute Gasteiger partial charge is 0.423 e. The van der Waals surface area contributed by atoms with Crippen molar-refractivity contribution in [3.8, 4) is 34.1 Å². The van der Waals surface area contributed by atoms with Crippen molar-refractivity contribution in [1.82, 2.24) is 0 Å². The van der Waals surface area contributed by atoms with Crippen LogP contribution in [0, 0.1) is 0 Å². The first kappa shape index (κ1) is 25.5. The van der Waals surface area contributed by atoms with Crippen LogP contribution in [0.4, 0.5) is 0 Å². The molecular weight excluding hydrogens is 440 g/mol. The number of rotatable bonds is 9. The van der Waals surface area contributed by atoms with Gasteiger partial charge in [-0.2, -0.15) is 0 Å². The zero-order valence-corrected chi connectivity index (χ0v) is 18.7. The Bertz CT molecular complexity index is 1220. The molecule has 2 aromatic carbocycles. The van der Waals surface area contributed by atoms with Gasteiger partial charge in [-0.05, 0) is 43.7 Å². The number of hydrogen-bond acceptors (Lipinski definition) is 8. The lowest BCUT2D eigenvalue weighted by Gasteiger charge is -2.15. The van der Waals surface area contributed by atoms with Crippen molar-refractivity contribution in [1.29, 1.82) is 0 Å². The summed E-state index contributed by atoms with van der Waals surface area (Å²) in [6.07, 6.45) is 1.95. The summed E-state index contributed by atoms with van der Waals surface area (Å²) in [6.45, 7) is 16.7. The molecule has 0 atom stereocenters. The molecule has 34 heavy (non-hydrogen) atoms. The molecule has 0 saturated carbocycles. The van der Waals surface area contributed by atoms with Crippen molar-refractivity contribution in [2.24, 2.45) is 0 Å². The maximum Gasteiger partial charge on any atom is 0.338 e. The summed E-state index contributed by atoms with van der Waals surface area (Å²) in [5.74, 6) is -2.90. The third kappa shape index (κ3) is 6.64. The Balaban J connectivity index is 2.60. The Hall–Kier alpha value is -4.72. The number of benzene rings is 2. The fourth-order valence-corrected chi connectivity index (χ4v) is 2.41. The lowest BCUT2D eigenvalue weighted by Crippen LogP contribution is -2.13. The summed E-state index contributed by atoms with van der Waals surface area (Å²) >= 11 is 0. The molecule has 2 rings (SSSR count). The Kier molecular flexibility index (Phi) is 8.44. The average molecular weight is 462 g/mol. The minimum absolute atomic E-state index is 0.0307. The van der Waals surface area contributed by atoms with E-state index >= 15 is 0 Å². The maximum absolute atomic E-state index is 12.1. The first-order valence-corrected chi connectivity index (χ1v) is 9.78. The molecule has 0 aromatic heterocycles. The van der Waals surface area contributed by atoms with Crippen LogP contribution in [0.15, 0.2) is 86.0 Å². The molecule has 0 unspecified atom stereocenters. The average Bonchev–Trinajstić information content (AvgIpc) is 2.79. The van der Waals surface area contributed by atoms with E-state index in [1.54, 1.807) is 6.07 Å². The van der Waals surface area contributed by atoms with E-state index in [4.69, 9.17) is 18.9 Å². The zero-order valence-electron chi connectivity index (χ0n) is 18.7. The second-order valence-corrected chi connectivity index (χ2v) is 6.91. The molecule has 0 saturated heterocycles. The van der Waals surface area contributed by atoms with Gasteiger partial charge in [0, 0.05) is 34.9 Å². The Morgan fingerprint density at radius 2 is 1.24 bits per heavy atom. The summed E-state index contributed by atoms with van der Waals surface area (Å²) in [6, 6.07) is 8.69. The molecule has 2 aromatic rings. The molecular formula is C26H22O8. The van der Waals surface area contributed by atoms with Crippen LogP contribution in [-0.2, 0) is 19.2 Å². The summed E-state index contributed by atoms with van der Waals surface area (Å²) in [5, 5.41) is 0. The lowest BCUT2D eigenvalue weighted by atomic mass is 10.0. The van der Waals surface area contributed by atoms with Crippen LogP contribution in [0.25, 0.3) is 11.1 Å². The molecule has 0 bridgehead atoms. The van der Waals surface area contributed by atoms with Gasteiger partial charge in [0.05, 0.1) is 0 Å². The van der Waals surface area contributed by atoms with Crippen molar-refractivity contribution in [3.05, 3.63) is 86.0 Å². The van der Waals surface area contributed by atoms with Crippen molar-refractivity contribution < 1.29 is 38.1 Å². The van der Waals surface area contributed by atoms with Gasteiger partial charge in [0.1, 0.15) is 11.5 Å². The van der Waals surface area contributed by atoms with Gasteiger partial charge in [-0.1, -0.05) is 32.4 Å². The molecule has 0 aliphatic heterocycles. The van der Waals surface area contributed by atoms with Crippen molar-refractivity contribution in [2.45, 2.75) is 13.8 Å². The van der Waals surface area contributed by atoms with Crippen LogP contribution in [-0.4, -0.2) is 23.9 Å². The Labute approximate surface area is 196 Å². The molecule has 0 amide bonds.